The van der Waals surface area contributed by atoms with Crippen molar-refractivity contribution in [1.82, 2.24) is 4.90 Å². The van der Waals surface area contributed by atoms with Crippen LogP contribution in [0, 0.1) is 0 Å². The average Bonchev–Trinajstić information content (AvgIpc) is 2.15. The van der Waals surface area contributed by atoms with E-state index in [2.05, 4.69) is 4.90 Å². The first-order chi connectivity index (χ1) is 3.97. The first kappa shape index (κ1) is 8.06. The second-order valence-corrected chi connectivity index (χ2v) is 2.97. The maximum atomic E-state index is 2.64. The van der Waals surface area contributed by atoms with Gasteiger partial charge in [-0.15, -0.1) is 0 Å². The van der Waals surface area contributed by atoms with Crippen molar-refractivity contribution in [3.05, 3.63) is 0 Å². The smallest absolute Gasteiger partial charge is 0.00962 e. The van der Waals surface area contributed by atoms with Gasteiger partial charge >= 0.3 is 0 Å². The molecule has 2 fully saturated rings. The molecule has 0 saturated carbocycles. The SMILES string of the molecule is C1CC2CCCN2C1.[Na]. The molecular weight excluding hydrogens is 121 g/mol. The zero-order valence-electron chi connectivity index (χ0n) is 6.27. The maximum Gasteiger partial charge on any atom is 0.00962 e. The normalized spacial score (nSPS) is 28.0. The van der Waals surface area contributed by atoms with Crippen LogP contribution in [0.2, 0.25) is 0 Å². The Balaban J connectivity index is 0.000000405. The molecular formula is C7H13NNa. The minimum atomic E-state index is 0. The van der Waals surface area contributed by atoms with Gasteiger partial charge in [-0.2, -0.15) is 0 Å². The Bertz CT molecular complexity index is 74.9. The fourth-order valence-corrected chi connectivity index (χ4v) is 2.05. The maximum absolute atomic E-state index is 2.64. The monoisotopic (exact) mass is 134 g/mol. The summed E-state index contributed by atoms with van der Waals surface area (Å²) in [6.45, 7) is 2.79. The van der Waals surface area contributed by atoms with E-state index in [1.165, 1.54) is 38.8 Å². The van der Waals surface area contributed by atoms with Crippen molar-refractivity contribution in [1.29, 1.82) is 0 Å². The Hall–Kier alpha value is 0.960. The second-order valence-electron chi connectivity index (χ2n) is 2.97. The number of rotatable bonds is 0. The van der Waals surface area contributed by atoms with Crippen molar-refractivity contribution in [2.45, 2.75) is 31.7 Å². The first-order valence-corrected chi connectivity index (χ1v) is 3.71. The van der Waals surface area contributed by atoms with Gasteiger partial charge in [0.05, 0.1) is 0 Å². The molecule has 0 bridgehead atoms. The largest absolute Gasteiger partial charge is 0.300 e. The molecule has 9 heavy (non-hydrogen) atoms. The Morgan fingerprint density at radius 1 is 1.00 bits per heavy atom. The van der Waals surface area contributed by atoms with Crippen LogP contribution in [0.3, 0.4) is 0 Å². The van der Waals surface area contributed by atoms with Gasteiger partial charge < -0.3 is 4.90 Å². The van der Waals surface area contributed by atoms with Crippen LogP contribution in [-0.2, 0) is 0 Å². The van der Waals surface area contributed by atoms with Crippen LogP contribution in [0.4, 0.5) is 0 Å². The van der Waals surface area contributed by atoms with Crippen molar-refractivity contribution in [3.8, 4) is 0 Å². The van der Waals surface area contributed by atoms with Crippen LogP contribution in [-0.4, -0.2) is 53.6 Å². The minimum absolute atomic E-state index is 0. The molecule has 0 aromatic rings. The quantitative estimate of drug-likeness (QED) is 0.444. The molecule has 2 aliphatic heterocycles. The topological polar surface area (TPSA) is 3.24 Å². The van der Waals surface area contributed by atoms with E-state index in [9.17, 15) is 0 Å². The first-order valence-electron chi connectivity index (χ1n) is 3.71. The molecule has 0 aromatic carbocycles. The molecule has 0 unspecified atom stereocenters. The van der Waals surface area contributed by atoms with Crippen LogP contribution in [0.25, 0.3) is 0 Å². The Morgan fingerprint density at radius 3 is 2.00 bits per heavy atom. The van der Waals surface area contributed by atoms with Crippen LogP contribution in [0.15, 0.2) is 0 Å². The summed E-state index contributed by atoms with van der Waals surface area (Å²) in [5, 5.41) is 0. The van der Waals surface area contributed by atoms with Gasteiger partial charge in [0, 0.05) is 35.6 Å². The molecule has 0 atom stereocenters. The summed E-state index contributed by atoms with van der Waals surface area (Å²) in [6.07, 6.45) is 5.90. The van der Waals surface area contributed by atoms with E-state index in [1.54, 1.807) is 0 Å². The van der Waals surface area contributed by atoms with Crippen molar-refractivity contribution < 1.29 is 0 Å². The molecule has 0 aliphatic carbocycles. The Kier molecular flexibility index (Phi) is 3.03. The summed E-state index contributed by atoms with van der Waals surface area (Å²) >= 11 is 0. The molecule has 47 valence electrons. The van der Waals surface area contributed by atoms with Gasteiger partial charge in [-0.3, -0.25) is 0 Å². The third kappa shape index (κ3) is 1.51. The van der Waals surface area contributed by atoms with Gasteiger partial charge in [-0.1, -0.05) is 0 Å². The predicted molar refractivity (Wildman–Crippen MR) is 39.6 cm³/mol. The fourth-order valence-electron chi connectivity index (χ4n) is 2.05. The standard InChI is InChI=1S/C7H13N.Na/c1-3-7-4-2-6-8(7)5-1;/h7H,1-6H2;. The van der Waals surface area contributed by atoms with Crippen molar-refractivity contribution in [3.63, 3.8) is 0 Å². The van der Waals surface area contributed by atoms with Crippen molar-refractivity contribution in [2.75, 3.05) is 13.1 Å². The average molecular weight is 134 g/mol. The summed E-state index contributed by atoms with van der Waals surface area (Å²) < 4.78 is 0. The molecule has 2 aliphatic rings. The molecule has 1 nitrogen and oxygen atoms in total. The van der Waals surface area contributed by atoms with Crippen LogP contribution < -0.4 is 0 Å². The van der Waals surface area contributed by atoms with E-state index in [-0.39, 0.29) is 29.6 Å². The molecule has 2 rings (SSSR count). The van der Waals surface area contributed by atoms with Crippen LogP contribution in [0.1, 0.15) is 25.7 Å². The van der Waals surface area contributed by atoms with Gasteiger partial charge in [0.25, 0.3) is 0 Å². The molecule has 2 heterocycles. The van der Waals surface area contributed by atoms with Gasteiger partial charge in [0.2, 0.25) is 0 Å². The number of nitrogens with zero attached hydrogens (tertiary/aromatic N) is 1. The number of hydrogen-bond donors (Lipinski definition) is 0. The van der Waals surface area contributed by atoms with Gasteiger partial charge in [0.1, 0.15) is 0 Å². The summed E-state index contributed by atoms with van der Waals surface area (Å²) in [5.74, 6) is 0. The summed E-state index contributed by atoms with van der Waals surface area (Å²) in [4.78, 5) is 2.64. The third-order valence-electron chi connectivity index (χ3n) is 2.48. The Labute approximate surface area is 79.1 Å². The van der Waals surface area contributed by atoms with Crippen LogP contribution >= 0.6 is 0 Å². The molecule has 0 amide bonds. The molecule has 2 saturated heterocycles. The van der Waals surface area contributed by atoms with Crippen molar-refractivity contribution in [2.24, 2.45) is 0 Å². The molecule has 0 spiro atoms. The van der Waals surface area contributed by atoms with Crippen LogP contribution in [0.5, 0.6) is 0 Å². The molecule has 2 heteroatoms. The minimum Gasteiger partial charge on any atom is -0.300 e. The number of hydrogen-bond acceptors (Lipinski definition) is 1. The molecule has 1 radical (unpaired) electrons. The van der Waals surface area contributed by atoms with Gasteiger partial charge in [-0.25, -0.2) is 0 Å². The van der Waals surface area contributed by atoms with Gasteiger partial charge in [-0.05, 0) is 38.8 Å². The second kappa shape index (κ2) is 3.38. The zero-order valence-corrected chi connectivity index (χ0v) is 8.27. The van der Waals surface area contributed by atoms with E-state index in [0.29, 0.717) is 0 Å². The van der Waals surface area contributed by atoms with Crippen molar-refractivity contribution >= 4 is 29.6 Å². The van der Waals surface area contributed by atoms with E-state index < -0.39 is 0 Å². The fraction of sp³-hybridized carbons (Fsp3) is 1.00. The van der Waals surface area contributed by atoms with E-state index in [1.807, 2.05) is 0 Å². The predicted octanol–water partition coefficient (Wildman–Crippen LogP) is 0.864. The summed E-state index contributed by atoms with van der Waals surface area (Å²) in [5.41, 5.74) is 0. The van der Waals surface area contributed by atoms with Gasteiger partial charge in [0.15, 0.2) is 0 Å². The van der Waals surface area contributed by atoms with E-state index in [0.717, 1.165) is 6.04 Å². The molecule has 0 aromatic heterocycles. The van der Waals surface area contributed by atoms with E-state index >= 15 is 0 Å². The van der Waals surface area contributed by atoms with E-state index in [4.69, 9.17) is 0 Å². The molecule has 0 N–H and O–H groups in total. The summed E-state index contributed by atoms with van der Waals surface area (Å²) in [6, 6.07) is 1.01. The third-order valence-corrected chi connectivity index (χ3v) is 2.48. The summed E-state index contributed by atoms with van der Waals surface area (Å²) in [7, 11) is 0. The Morgan fingerprint density at radius 2 is 1.56 bits per heavy atom. The zero-order chi connectivity index (χ0) is 5.40. The number of fused-ring (bicyclic) bond motifs is 1.